The molecule has 0 aliphatic carbocycles. The monoisotopic (exact) mass is 267 g/mol. The van der Waals surface area contributed by atoms with E-state index in [9.17, 15) is 9.59 Å². The molecule has 1 atom stereocenters. The van der Waals surface area contributed by atoms with Gasteiger partial charge in [-0.1, -0.05) is 18.2 Å². The van der Waals surface area contributed by atoms with Crippen molar-refractivity contribution in [3.05, 3.63) is 36.5 Å². The van der Waals surface area contributed by atoms with Crippen LogP contribution in [0.25, 0.3) is 0 Å². The molecular weight excluding hydrogens is 252 g/mol. The fraction of sp³-hybridized carbons (Fsp3) is 0.333. The third kappa shape index (κ3) is 9.55. The van der Waals surface area contributed by atoms with Crippen LogP contribution in [0.1, 0.15) is 6.92 Å². The summed E-state index contributed by atoms with van der Waals surface area (Å²) in [6.07, 6.45) is 8.92. The summed E-state index contributed by atoms with van der Waals surface area (Å²) < 4.78 is 13.9. The first kappa shape index (κ1) is 16.3. The van der Waals surface area contributed by atoms with Crippen molar-refractivity contribution in [2.24, 2.45) is 0 Å². The van der Waals surface area contributed by atoms with Gasteiger partial charge in [-0.05, 0) is 13.0 Å². The van der Waals surface area contributed by atoms with E-state index in [0.717, 1.165) is 12.2 Å². The minimum absolute atomic E-state index is 0.0446. The van der Waals surface area contributed by atoms with Gasteiger partial charge in [0.15, 0.2) is 0 Å². The summed E-state index contributed by atoms with van der Waals surface area (Å²) in [5.74, 6) is -1.21. The fourth-order valence-corrected chi connectivity index (χ4v) is 0.855. The topological polar surface area (TPSA) is 61.8 Å². The maximum absolute atomic E-state index is 11.1. The SMILES string of the molecule is COC(=O)/C=C\C(=O)OC/C=C/C=C/[C@@H](C)O[Si]. The zero-order chi connectivity index (χ0) is 13.8. The summed E-state index contributed by atoms with van der Waals surface area (Å²) in [4.78, 5) is 21.7. The van der Waals surface area contributed by atoms with Crippen molar-refractivity contribution in [2.75, 3.05) is 13.7 Å². The maximum atomic E-state index is 11.1. The van der Waals surface area contributed by atoms with Gasteiger partial charge in [-0.3, -0.25) is 0 Å². The molecule has 3 radical (unpaired) electrons. The predicted octanol–water partition coefficient (Wildman–Crippen LogP) is 0.860. The van der Waals surface area contributed by atoms with Crippen molar-refractivity contribution >= 4 is 22.4 Å². The van der Waals surface area contributed by atoms with E-state index in [-0.39, 0.29) is 12.7 Å². The summed E-state index contributed by atoms with van der Waals surface area (Å²) in [6.45, 7) is 1.98. The summed E-state index contributed by atoms with van der Waals surface area (Å²) in [5, 5.41) is 0. The molecule has 0 aliphatic heterocycles. The number of methoxy groups -OCH3 is 1. The van der Waals surface area contributed by atoms with E-state index in [1.807, 2.05) is 13.0 Å². The second-order valence-electron chi connectivity index (χ2n) is 3.12. The van der Waals surface area contributed by atoms with Gasteiger partial charge in [0, 0.05) is 12.2 Å². The Labute approximate surface area is 110 Å². The van der Waals surface area contributed by atoms with Gasteiger partial charge in [-0.15, -0.1) is 0 Å². The van der Waals surface area contributed by atoms with Crippen LogP contribution in [0.5, 0.6) is 0 Å². The molecule has 97 valence electrons. The molecule has 18 heavy (non-hydrogen) atoms. The van der Waals surface area contributed by atoms with E-state index >= 15 is 0 Å². The highest BCUT2D eigenvalue weighted by Gasteiger charge is 1.97. The van der Waals surface area contributed by atoms with Gasteiger partial charge in [-0.2, -0.15) is 0 Å². The number of esters is 2. The Bertz CT molecular complexity index is 346. The van der Waals surface area contributed by atoms with Gasteiger partial charge in [0.05, 0.1) is 13.2 Å². The standard InChI is InChI=1S/C12H15O5Si/c1-10(17-18)6-4-3-5-9-16-12(14)8-7-11(13)15-2/h3-8,10H,9H2,1-2H3/b5-3+,6-4+,8-7-/t10-/m1/s1. The number of carbonyl (C=O) groups excluding carboxylic acids is 2. The van der Waals surface area contributed by atoms with Crippen molar-refractivity contribution in [3.63, 3.8) is 0 Å². The Kier molecular flexibility index (Phi) is 9.52. The Morgan fingerprint density at radius 1 is 1.22 bits per heavy atom. The van der Waals surface area contributed by atoms with Gasteiger partial charge < -0.3 is 13.9 Å². The highest BCUT2D eigenvalue weighted by Crippen LogP contribution is 1.90. The number of hydrogen-bond donors (Lipinski definition) is 0. The fourth-order valence-electron chi connectivity index (χ4n) is 0.777. The molecule has 0 aromatic heterocycles. The van der Waals surface area contributed by atoms with Crippen LogP contribution in [0.4, 0.5) is 0 Å². The van der Waals surface area contributed by atoms with Gasteiger partial charge in [-0.25, -0.2) is 9.59 Å². The molecule has 0 spiro atoms. The largest absolute Gasteiger partial charge is 0.466 e. The number of carbonyl (C=O) groups is 2. The lowest BCUT2D eigenvalue weighted by Crippen LogP contribution is -2.02. The van der Waals surface area contributed by atoms with E-state index in [4.69, 9.17) is 9.16 Å². The van der Waals surface area contributed by atoms with Crippen LogP contribution in [0, 0.1) is 0 Å². The Balaban J connectivity index is 3.81. The molecule has 0 saturated heterocycles. The van der Waals surface area contributed by atoms with E-state index in [2.05, 4.69) is 15.2 Å². The third-order valence-corrected chi connectivity index (χ3v) is 2.07. The third-order valence-electron chi connectivity index (χ3n) is 1.69. The number of rotatable bonds is 7. The maximum Gasteiger partial charge on any atom is 0.331 e. The Hall–Kier alpha value is -1.66. The van der Waals surface area contributed by atoms with Gasteiger partial charge in [0.1, 0.15) is 6.61 Å². The second kappa shape index (κ2) is 10.5. The van der Waals surface area contributed by atoms with Gasteiger partial charge in [0.2, 0.25) is 10.5 Å². The minimum Gasteiger partial charge on any atom is -0.466 e. The highest BCUT2D eigenvalue weighted by molar-refractivity contribution is 5.98. The normalized spacial score (nSPS) is 13.3. The lowest BCUT2D eigenvalue weighted by atomic mass is 10.3. The average molecular weight is 267 g/mol. The number of hydrogen-bond acceptors (Lipinski definition) is 5. The first-order valence-corrected chi connectivity index (χ1v) is 5.59. The zero-order valence-corrected chi connectivity index (χ0v) is 11.3. The first-order chi connectivity index (χ1) is 8.60. The summed E-state index contributed by atoms with van der Waals surface area (Å²) in [7, 11) is 4.13. The summed E-state index contributed by atoms with van der Waals surface area (Å²) in [6, 6.07) is 0. The van der Waals surface area contributed by atoms with Crippen molar-refractivity contribution in [1.29, 1.82) is 0 Å². The molecule has 0 bridgehead atoms. The molecule has 0 aliphatic rings. The van der Waals surface area contributed by atoms with Crippen LogP contribution in [0.3, 0.4) is 0 Å². The molecule has 0 unspecified atom stereocenters. The Morgan fingerprint density at radius 3 is 2.50 bits per heavy atom. The molecule has 0 aromatic carbocycles. The zero-order valence-electron chi connectivity index (χ0n) is 10.3. The van der Waals surface area contributed by atoms with Crippen LogP contribution in [0.15, 0.2) is 36.5 Å². The first-order valence-electron chi connectivity index (χ1n) is 5.18. The molecule has 0 heterocycles. The number of allylic oxidation sites excluding steroid dienone is 2. The quantitative estimate of drug-likeness (QED) is 0.296. The van der Waals surface area contributed by atoms with Crippen molar-refractivity contribution in [1.82, 2.24) is 0 Å². The predicted molar refractivity (Wildman–Crippen MR) is 66.7 cm³/mol. The van der Waals surface area contributed by atoms with E-state index in [0.29, 0.717) is 0 Å². The van der Waals surface area contributed by atoms with Crippen LogP contribution >= 0.6 is 0 Å². The van der Waals surface area contributed by atoms with E-state index in [1.165, 1.54) is 7.11 Å². The molecule has 0 N–H and O–H groups in total. The molecule has 0 amide bonds. The van der Waals surface area contributed by atoms with Crippen molar-refractivity contribution in [2.45, 2.75) is 13.0 Å². The Morgan fingerprint density at radius 2 is 1.89 bits per heavy atom. The van der Waals surface area contributed by atoms with Gasteiger partial charge >= 0.3 is 11.9 Å². The average Bonchev–Trinajstić information content (AvgIpc) is 2.39. The summed E-state index contributed by atoms with van der Waals surface area (Å²) >= 11 is 0. The van der Waals surface area contributed by atoms with Crippen LogP contribution in [-0.2, 0) is 23.5 Å². The molecular formula is C12H15O5Si. The molecule has 0 saturated carbocycles. The number of ether oxygens (including phenoxy) is 2. The second-order valence-corrected chi connectivity index (χ2v) is 3.36. The summed E-state index contributed by atoms with van der Waals surface area (Å²) in [5.41, 5.74) is 0. The molecule has 0 aromatic rings. The minimum atomic E-state index is -0.606. The molecule has 0 fully saturated rings. The van der Waals surface area contributed by atoms with Gasteiger partial charge in [0.25, 0.3) is 0 Å². The smallest absolute Gasteiger partial charge is 0.331 e. The van der Waals surface area contributed by atoms with Crippen LogP contribution < -0.4 is 0 Å². The highest BCUT2D eigenvalue weighted by atomic mass is 28.2. The van der Waals surface area contributed by atoms with Crippen LogP contribution in [-0.4, -0.2) is 42.2 Å². The molecule has 5 nitrogen and oxygen atoms in total. The van der Waals surface area contributed by atoms with Crippen molar-refractivity contribution < 1.29 is 23.5 Å². The van der Waals surface area contributed by atoms with Crippen LogP contribution in [0.2, 0.25) is 0 Å². The lowest BCUT2D eigenvalue weighted by molar-refractivity contribution is -0.138. The molecule has 6 heteroatoms. The molecule has 0 rings (SSSR count). The van der Waals surface area contributed by atoms with E-state index < -0.39 is 11.9 Å². The van der Waals surface area contributed by atoms with E-state index in [1.54, 1.807) is 18.2 Å². The lowest BCUT2D eigenvalue weighted by Gasteiger charge is -1.99. The van der Waals surface area contributed by atoms with Crippen molar-refractivity contribution in [3.8, 4) is 0 Å².